The van der Waals surface area contributed by atoms with Gasteiger partial charge in [0.15, 0.2) is 5.16 Å². The fraction of sp³-hybridized carbons (Fsp3) is 0.800. The number of hydrogen-bond acceptors (Lipinski definition) is 4. The molecule has 1 heterocycles. The van der Waals surface area contributed by atoms with Crippen LogP contribution in [0.1, 0.15) is 19.8 Å². The Bertz CT molecular complexity index is 325. The standard InChI is InChI=1S/C10H18N4S/c1-7-8(11-2)4-5-9(7)15-10-12-6-13-14(10)3/h6-9,11H,4-5H2,1-3H3. The lowest BCUT2D eigenvalue weighted by molar-refractivity contribution is 0.463. The Kier molecular flexibility index (Phi) is 3.31. The number of nitrogens with zero attached hydrogens (tertiary/aromatic N) is 3. The zero-order chi connectivity index (χ0) is 10.8. The molecule has 0 spiro atoms. The van der Waals surface area contributed by atoms with Crippen LogP contribution in [0.25, 0.3) is 0 Å². The first-order valence-electron chi connectivity index (χ1n) is 5.40. The molecule has 0 aliphatic heterocycles. The molecule has 2 rings (SSSR count). The molecule has 1 aromatic rings. The summed E-state index contributed by atoms with van der Waals surface area (Å²) in [5, 5.41) is 9.18. The molecule has 0 amide bonds. The minimum Gasteiger partial charge on any atom is -0.317 e. The van der Waals surface area contributed by atoms with Crippen molar-refractivity contribution in [3.05, 3.63) is 6.33 Å². The molecule has 84 valence electrons. The Morgan fingerprint density at radius 1 is 1.53 bits per heavy atom. The van der Waals surface area contributed by atoms with Crippen LogP contribution in [0.5, 0.6) is 0 Å². The van der Waals surface area contributed by atoms with E-state index in [4.69, 9.17) is 0 Å². The van der Waals surface area contributed by atoms with Crippen LogP contribution in [0, 0.1) is 5.92 Å². The maximum atomic E-state index is 4.26. The molecule has 0 saturated heterocycles. The fourth-order valence-electron chi connectivity index (χ4n) is 2.23. The van der Waals surface area contributed by atoms with Crippen molar-refractivity contribution in [1.29, 1.82) is 0 Å². The normalized spacial score (nSPS) is 31.0. The number of rotatable bonds is 3. The zero-order valence-electron chi connectivity index (χ0n) is 9.47. The maximum Gasteiger partial charge on any atom is 0.186 e. The van der Waals surface area contributed by atoms with Crippen LogP contribution in [-0.2, 0) is 7.05 Å². The summed E-state index contributed by atoms with van der Waals surface area (Å²) in [6.45, 7) is 2.32. The number of nitrogens with one attached hydrogen (secondary N) is 1. The van der Waals surface area contributed by atoms with E-state index in [2.05, 4.69) is 29.4 Å². The van der Waals surface area contributed by atoms with Crippen molar-refractivity contribution in [2.24, 2.45) is 13.0 Å². The van der Waals surface area contributed by atoms with E-state index in [0.29, 0.717) is 17.2 Å². The van der Waals surface area contributed by atoms with E-state index in [1.54, 1.807) is 6.33 Å². The lowest BCUT2D eigenvalue weighted by Gasteiger charge is -2.19. The predicted molar refractivity (Wildman–Crippen MR) is 61.9 cm³/mol. The molecule has 0 bridgehead atoms. The summed E-state index contributed by atoms with van der Waals surface area (Å²) in [5.41, 5.74) is 0. The molecule has 3 unspecified atom stereocenters. The highest BCUT2D eigenvalue weighted by molar-refractivity contribution is 7.99. The van der Waals surface area contributed by atoms with Gasteiger partial charge in [0.05, 0.1) is 0 Å². The lowest BCUT2D eigenvalue weighted by atomic mass is 10.1. The second-order valence-electron chi connectivity index (χ2n) is 4.15. The van der Waals surface area contributed by atoms with Crippen LogP contribution in [0.3, 0.4) is 0 Å². The van der Waals surface area contributed by atoms with Crippen LogP contribution >= 0.6 is 11.8 Å². The molecule has 3 atom stereocenters. The first-order chi connectivity index (χ1) is 7.22. The fourth-order valence-corrected chi connectivity index (χ4v) is 3.47. The van der Waals surface area contributed by atoms with Crippen LogP contribution in [0.4, 0.5) is 0 Å². The summed E-state index contributed by atoms with van der Waals surface area (Å²) in [6, 6.07) is 0.663. The highest BCUT2D eigenvalue weighted by atomic mass is 32.2. The summed E-state index contributed by atoms with van der Waals surface area (Å²) < 4.78 is 1.85. The summed E-state index contributed by atoms with van der Waals surface area (Å²) in [4.78, 5) is 4.26. The Hall–Kier alpha value is -0.550. The van der Waals surface area contributed by atoms with Crippen molar-refractivity contribution in [3.63, 3.8) is 0 Å². The quantitative estimate of drug-likeness (QED) is 0.843. The maximum absolute atomic E-state index is 4.26. The number of thioether (sulfide) groups is 1. The van der Waals surface area contributed by atoms with Gasteiger partial charge in [-0.3, -0.25) is 0 Å². The SMILES string of the molecule is CNC1CCC(Sc2ncnn2C)C1C. The van der Waals surface area contributed by atoms with Gasteiger partial charge in [-0.25, -0.2) is 9.67 Å². The van der Waals surface area contributed by atoms with Crippen molar-refractivity contribution in [1.82, 2.24) is 20.1 Å². The summed E-state index contributed by atoms with van der Waals surface area (Å²) in [7, 11) is 4.00. The Morgan fingerprint density at radius 2 is 2.33 bits per heavy atom. The third-order valence-electron chi connectivity index (χ3n) is 3.28. The van der Waals surface area contributed by atoms with Crippen LogP contribution in [0.2, 0.25) is 0 Å². The van der Waals surface area contributed by atoms with Gasteiger partial charge in [-0.15, -0.1) is 0 Å². The highest BCUT2D eigenvalue weighted by Crippen LogP contribution is 2.37. The second kappa shape index (κ2) is 4.53. The topological polar surface area (TPSA) is 42.7 Å². The molecular formula is C10H18N4S. The molecule has 1 aliphatic carbocycles. The van der Waals surface area contributed by atoms with Gasteiger partial charge in [-0.2, -0.15) is 5.10 Å². The summed E-state index contributed by atoms with van der Waals surface area (Å²) >= 11 is 1.86. The van der Waals surface area contributed by atoms with Gasteiger partial charge in [-0.1, -0.05) is 18.7 Å². The van der Waals surface area contributed by atoms with Crippen molar-refractivity contribution >= 4 is 11.8 Å². The smallest absolute Gasteiger partial charge is 0.186 e. The second-order valence-corrected chi connectivity index (χ2v) is 5.36. The van der Waals surface area contributed by atoms with E-state index in [1.807, 2.05) is 23.5 Å². The summed E-state index contributed by atoms with van der Waals surface area (Å²) in [5.74, 6) is 0.705. The van der Waals surface area contributed by atoms with Gasteiger partial charge in [0.1, 0.15) is 6.33 Å². The molecule has 1 N–H and O–H groups in total. The molecule has 1 aromatic heterocycles. The highest BCUT2D eigenvalue weighted by Gasteiger charge is 2.33. The molecular weight excluding hydrogens is 208 g/mol. The van der Waals surface area contributed by atoms with Crippen molar-refractivity contribution in [2.75, 3.05) is 7.05 Å². The van der Waals surface area contributed by atoms with E-state index in [1.165, 1.54) is 12.8 Å². The third kappa shape index (κ3) is 2.18. The zero-order valence-corrected chi connectivity index (χ0v) is 10.3. The molecule has 15 heavy (non-hydrogen) atoms. The molecule has 0 radical (unpaired) electrons. The molecule has 4 nitrogen and oxygen atoms in total. The van der Waals surface area contributed by atoms with Crippen LogP contribution in [-0.4, -0.2) is 33.1 Å². The van der Waals surface area contributed by atoms with E-state index >= 15 is 0 Å². The lowest BCUT2D eigenvalue weighted by Crippen LogP contribution is -2.30. The molecule has 1 aliphatic rings. The number of hydrogen-bond donors (Lipinski definition) is 1. The van der Waals surface area contributed by atoms with E-state index in [9.17, 15) is 0 Å². The Morgan fingerprint density at radius 3 is 2.87 bits per heavy atom. The van der Waals surface area contributed by atoms with Crippen LogP contribution in [0.15, 0.2) is 11.5 Å². The average Bonchev–Trinajstić information content (AvgIpc) is 2.77. The van der Waals surface area contributed by atoms with Gasteiger partial charge < -0.3 is 5.32 Å². The van der Waals surface area contributed by atoms with Gasteiger partial charge in [0.25, 0.3) is 0 Å². The number of aryl methyl sites for hydroxylation is 1. The Labute approximate surface area is 94.8 Å². The minimum atomic E-state index is 0.663. The Balaban J connectivity index is 1.99. The van der Waals surface area contributed by atoms with Gasteiger partial charge >= 0.3 is 0 Å². The van der Waals surface area contributed by atoms with Gasteiger partial charge in [-0.05, 0) is 25.8 Å². The van der Waals surface area contributed by atoms with E-state index < -0.39 is 0 Å². The van der Waals surface area contributed by atoms with E-state index in [-0.39, 0.29) is 0 Å². The van der Waals surface area contributed by atoms with Crippen molar-refractivity contribution in [2.45, 2.75) is 36.2 Å². The first-order valence-corrected chi connectivity index (χ1v) is 6.28. The first kappa shape index (κ1) is 11.0. The molecule has 1 saturated carbocycles. The molecule has 5 heteroatoms. The average molecular weight is 226 g/mol. The third-order valence-corrected chi connectivity index (χ3v) is 4.83. The molecule has 1 fully saturated rings. The van der Waals surface area contributed by atoms with Crippen molar-refractivity contribution in [3.8, 4) is 0 Å². The number of aromatic nitrogens is 3. The van der Waals surface area contributed by atoms with Crippen molar-refractivity contribution < 1.29 is 0 Å². The monoisotopic (exact) mass is 226 g/mol. The largest absolute Gasteiger partial charge is 0.317 e. The van der Waals surface area contributed by atoms with Gasteiger partial charge in [0.2, 0.25) is 0 Å². The predicted octanol–water partition coefficient (Wildman–Crippen LogP) is 1.29. The minimum absolute atomic E-state index is 0.663. The van der Waals surface area contributed by atoms with Gasteiger partial charge in [0, 0.05) is 18.3 Å². The van der Waals surface area contributed by atoms with Crippen LogP contribution < -0.4 is 5.32 Å². The molecule has 0 aromatic carbocycles. The van der Waals surface area contributed by atoms with E-state index in [0.717, 1.165) is 5.16 Å². The summed E-state index contributed by atoms with van der Waals surface area (Å²) in [6.07, 6.45) is 4.16.